The molecule has 3 aromatic rings. The average Bonchev–Trinajstić information content (AvgIpc) is 3.22. The summed E-state index contributed by atoms with van der Waals surface area (Å²) in [5, 5.41) is 14.4. The number of nitrogens with one attached hydrogen (secondary N) is 1. The lowest BCUT2D eigenvalue weighted by atomic mass is 10.00. The maximum atomic E-state index is 12.4. The van der Waals surface area contributed by atoms with Crippen molar-refractivity contribution in [3.8, 4) is 11.3 Å². The Bertz CT molecular complexity index is 841. The van der Waals surface area contributed by atoms with Gasteiger partial charge < -0.3 is 10.4 Å². The number of nitrogens with zero attached hydrogens (tertiary/aromatic N) is 2. The maximum Gasteiger partial charge on any atom is 0.226 e. The van der Waals surface area contributed by atoms with Gasteiger partial charge in [-0.15, -0.1) is 11.3 Å². The van der Waals surface area contributed by atoms with Crippen molar-refractivity contribution in [2.75, 3.05) is 6.61 Å². The van der Waals surface area contributed by atoms with Gasteiger partial charge in [-0.2, -0.15) is 0 Å². The normalized spacial score (nSPS) is 13.7. The number of hydrogen-bond donors (Lipinski definition) is 2. The number of aromatic nitrogens is 2. The van der Waals surface area contributed by atoms with E-state index in [2.05, 4.69) is 17.2 Å². The van der Waals surface area contributed by atoms with Crippen LogP contribution >= 0.6 is 11.3 Å². The van der Waals surface area contributed by atoms with E-state index in [1.165, 1.54) is 11.3 Å². The van der Waals surface area contributed by atoms with Gasteiger partial charge in [0.15, 0.2) is 4.96 Å². The summed E-state index contributed by atoms with van der Waals surface area (Å²) in [7, 11) is 0. The van der Waals surface area contributed by atoms with Crippen molar-refractivity contribution >= 4 is 22.2 Å². The minimum Gasteiger partial charge on any atom is -0.394 e. The summed E-state index contributed by atoms with van der Waals surface area (Å²) in [6.45, 7) is 4.05. The zero-order valence-corrected chi connectivity index (χ0v) is 15.3. The van der Waals surface area contributed by atoms with E-state index in [-0.39, 0.29) is 30.9 Å². The van der Waals surface area contributed by atoms with E-state index in [9.17, 15) is 9.90 Å². The molecule has 2 N–H and O–H groups in total. The van der Waals surface area contributed by atoms with E-state index in [0.29, 0.717) is 0 Å². The number of rotatable bonds is 7. The fourth-order valence-corrected chi connectivity index (χ4v) is 3.65. The van der Waals surface area contributed by atoms with E-state index in [0.717, 1.165) is 28.3 Å². The number of hydrogen-bond acceptors (Lipinski definition) is 4. The fourth-order valence-electron chi connectivity index (χ4n) is 2.78. The van der Waals surface area contributed by atoms with Gasteiger partial charge in [-0.1, -0.05) is 50.6 Å². The van der Waals surface area contributed by atoms with Crippen LogP contribution in [0.4, 0.5) is 0 Å². The van der Waals surface area contributed by atoms with Gasteiger partial charge in [0.2, 0.25) is 5.91 Å². The summed E-state index contributed by atoms with van der Waals surface area (Å²) in [5.74, 6) is 0.170. The predicted molar refractivity (Wildman–Crippen MR) is 101 cm³/mol. The number of aliphatic hydroxyl groups is 1. The fraction of sp³-hybridized carbons (Fsp3) is 0.368. The second kappa shape index (κ2) is 7.80. The monoisotopic (exact) mass is 357 g/mol. The first-order valence-corrected chi connectivity index (χ1v) is 9.41. The highest BCUT2D eigenvalue weighted by molar-refractivity contribution is 7.15. The van der Waals surface area contributed by atoms with Crippen LogP contribution in [0.2, 0.25) is 0 Å². The molecule has 0 unspecified atom stereocenters. The number of carbonyl (C=O) groups is 1. The SMILES string of the molecule is CC[C@@H](C)[C@@H](CO)NC(=O)Cc1csc2nc(-c3ccccc3)cn12. The molecule has 1 aromatic carbocycles. The van der Waals surface area contributed by atoms with Crippen LogP contribution in [0.25, 0.3) is 16.2 Å². The van der Waals surface area contributed by atoms with Crippen LogP contribution in [-0.4, -0.2) is 33.0 Å². The Morgan fingerprint density at radius 3 is 2.80 bits per heavy atom. The van der Waals surface area contributed by atoms with Crippen LogP contribution in [0.3, 0.4) is 0 Å². The third-order valence-electron chi connectivity index (χ3n) is 4.57. The maximum absolute atomic E-state index is 12.4. The molecule has 0 saturated carbocycles. The Hall–Kier alpha value is -2.18. The van der Waals surface area contributed by atoms with Gasteiger partial charge in [-0.3, -0.25) is 9.20 Å². The van der Waals surface area contributed by atoms with Crippen LogP contribution in [-0.2, 0) is 11.2 Å². The summed E-state index contributed by atoms with van der Waals surface area (Å²) in [4.78, 5) is 17.9. The van der Waals surface area contributed by atoms with Crippen LogP contribution in [0.5, 0.6) is 0 Å². The summed E-state index contributed by atoms with van der Waals surface area (Å²) in [6, 6.07) is 9.80. The number of fused-ring (bicyclic) bond motifs is 1. The molecule has 6 heteroatoms. The van der Waals surface area contributed by atoms with Crippen molar-refractivity contribution in [2.45, 2.75) is 32.7 Å². The number of imidazole rings is 1. The molecule has 2 atom stereocenters. The second-order valence-corrected chi connectivity index (χ2v) is 7.13. The van der Waals surface area contributed by atoms with Crippen molar-refractivity contribution < 1.29 is 9.90 Å². The molecular weight excluding hydrogens is 334 g/mol. The molecule has 25 heavy (non-hydrogen) atoms. The average molecular weight is 357 g/mol. The molecule has 0 radical (unpaired) electrons. The van der Waals surface area contributed by atoms with E-state index in [4.69, 9.17) is 0 Å². The Labute approximate surface area is 151 Å². The summed E-state index contributed by atoms with van der Waals surface area (Å²) >= 11 is 1.53. The van der Waals surface area contributed by atoms with Crippen molar-refractivity contribution in [2.24, 2.45) is 5.92 Å². The number of benzene rings is 1. The molecule has 0 bridgehead atoms. The summed E-state index contributed by atoms with van der Waals surface area (Å²) in [5.41, 5.74) is 2.88. The highest BCUT2D eigenvalue weighted by Crippen LogP contribution is 2.23. The highest BCUT2D eigenvalue weighted by atomic mass is 32.1. The number of aliphatic hydroxyl groups excluding tert-OH is 1. The minimum atomic E-state index is -0.200. The van der Waals surface area contributed by atoms with Crippen molar-refractivity contribution in [3.05, 3.63) is 47.6 Å². The van der Waals surface area contributed by atoms with Crippen LogP contribution in [0.1, 0.15) is 26.0 Å². The van der Waals surface area contributed by atoms with Crippen molar-refractivity contribution in [1.29, 1.82) is 0 Å². The second-order valence-electron chi connectivity index (χ2n) is 6.29. The predicted octanol–water partition coefficient (Wildman–Crippen LogP) is 3.13. The molecule has 0 aliphatic rings. The first kappa shape index (κ1) is 17.6. The Morgan fingerprint density at radius 2 is 2.12 bits per heavy atom. The first-order valence-electron chi connectivity index (χ1n) is 8.53. The molecule has 0 fully saturated rings. The zero-order valence-electron chi connectivity index (χ0n) is 14.5. The van der Waals surface area contributed by atoms with Crippen LogP contribution in [0, 0.1) is 5.92 Å². The summed E-state index contributed by atoms with van der Waals surface area (Å²) in [6.07, 6.45) is 3.16. The molecular formula is C19H23N3O2S. The van der Waals surface area contributed by atoms with Gasteiger partial charge in [0.1, 0.15) is 0 Å². The standard InChI is InChI=1S/C19H23N3O2S/c1-3-13(2)17(11-23)20-18(24)9-15-12-25-19-21-16(10-22(15)19)14-7-5-4-6-8-14/h4-8,10,12-13,17,23H,3,9,11H2,1-2H3,(H,20,24)/t13-,17-/m1/s1. The topological polar surface area (TPSA) is 66.6 Å². The van der Waals surface area contributed by atoms with Gasteiger partial charge >= 0.3 is 0 Å². The Kier molecular flexibility index (Phi) is 5.50. The lowest BCUT2D eigenvalue weighted by molar-refractivity contribution is -0.121. The smallest absolute Gasteiger partial charge is 0.226 e. The van der Waals surface area contributed by atoms with Gasteiger partial charge in [0.25, 0.3) is 0 Å². The largest absolute Gasteiger partial charge is 0.394 e. The lowest BCUT2D eigenvalue weighted by Gasteiger charge is -2.22. The quantitative estimate of drug-likeness (QED) is 0.683. The zero-order chi connectivity index (χ0) is 17.8. The molecule has 2 heterocycles. The summed E-state index contributed by atoms with van der Waals surface area (Å²) < 4.78 is 1.98. The molecule has 0 aliphatic heterocycles. The third-order valence-corrected chi connectivity index (χ3v) is 5.46. The van der Waals surface area contributed by atoms with Gasteiger partial charge in [-0.05, 0) is 5.92 Å². The Balaban J connectivity index is 1.75. The van der Waals surface area contributed by atoms with Crippen molar-refractivity contribution in [3.63, 3.8) is 0 Å². The number of thiazole rings is 1. The molecule has 2 aromatic heterocycles. The molecule has 5 nitrogen and oxygen atoms in total. The van der Waals surface area contributed by atoms with Gasteiger partial charge in [0, 0.05) is 22.8 Å². The molecule has 3 rings (SSSR count). The van der Waals surface area contributed by atoms with E-state index >= 15 is 0 Å². The van der Waals surface area contributed by atoms with Crippen LogP contribution in [0.15, 0.2) is 41.9 Å². The minimum absolute atomic E-state index is 0.0387. The number of carbonyl (C=O) groups excluding carboxylic acids is 1. The van der Waals surface area contributed by atoms with Gasteiger partial charge in [-0.25, -0.2) is 4.98 Å². The van der Waals surface area contributed by atoms with Crippen molar-refractivity contribution in [1.82, 2.24) is 14.7 Å². The Morgan fingerprint density at radius 1 is 1.36 bits per heavy atom. The molecule has 132 valence electrons. The third kappa shape index (κ3) is 3.91. The molecule has 1 amide bonds. The van der Waals surface area contributed by atoms with E-state index in [1.807, 2.05) is 53.2 Å². The van der Waals surface area contributed by atoms with E-state index < -0.39 is 0 Å². The van der Waals surface area contributed by atoms with E-state index in [1.54, 1.807) is 0 Å². The molecule has 0 saturated heterocycles. The first-order chi connectivity index (χ1) is 12.1. The molecule has 0 spiro atoms. The highest BCUT2D eigenvalue weighted by Gasteiger charge is 2.19. The van der Waals surface area contributed by atoms with Gasteiger partial charge in [0.05, 0.1) is 24.8 Å². The lowest BCUT2D eigenvalue weighted by Crippen LogP contribution is -2.42. The number of amides is 1. The molecule has 0 aliphatic carbocycles. The van der Waals surface area contributed by atoms with Crippen LogP contribution < -0.4 is 5.32 Å².